The van der Waals surface area contributed by atoms with Crippen LogP contribution >= 0.6 is 11.6 Å². The molecule has 1 heterocycles. The minimum absolute atomic E-state index is 0.0538. The second-order valence-electron chi connectivity index (χ2n) is 6.72. The number of sulfone groups is 1. The van der Waals surface area contributed by atoms with E-state index < -0.39 is 34.4 Å². The molecule has 1 aliphatic rings. The Morgan fingerprint density at radius 3 is 2.41 bits per heavy atom. The van der Waals surface area contributed by atoms with E-state index in [1.165, 1.54) is 0 Å². The molecule has 1 aliphatic heterocycles. The minimum atomic E-state index is -3.10. The van der Waals surface area contributed by atoms with E-state index in [1.54, 1.807) is 30.3 Å². The first-order valence-electron chi connectivity index (χ1n) is 9.02. The summed E-state index contributed by atoms with van der Waals surface area (Å²) >= 11 is 5.93. The van der Waals surface area contributed by atoms with Gasteiger partial charge in [0.25, 0.3) is 5.91 Å². The molecular weight excluding hydrogens is 414 g/mol. The Bertz CT molecular complexity index is 1020. The molecular formula is C21H20ClNO5S. The molecule has 0 bridgehead atoms. The van der Waals surface area contributed by atoms with E-state index in [0.29, 0.717) is 17.0 Å². The Kier molecular flexibility index (Phi) is 6.71. The minimum Gasteiger partial charge on any atom is -0.452 e. The van der Waals surface area contributed by atoms with Gasteiger partial charge in [0.1, 0.15) is 0 Å². The van der Waals surface area contributed by atoms with E-state index in [-0.39, 0.29) is 17.1 Å². The topological polar surface area (TPSA) is 89.5 Å². The van der Waals surface area contributed by atoms with Crippen LogP contribution in [0.1, 0.15) is 17.5 Å². The predicted molar refractivity (Wildman–Crippen MR) is 112 cm³/mol. The molecule has 1 atom stereocenters. The zero-order chi connectivity index (χ0) is 20.9. The van der Waals surface area contributed by atoms with Gasteiger partial charge in [-0.1, -0.05) is 54.1 Å². The van der Waals surface area contributed by atoms with Crippen LogP contribution in [0, 0.1) is 0 Å². The van der Waals surface area contributed by atoms with Gasteiger partial charge in [0.05, 0.1) is 17.1 Å². The van der Waals surface area contributed by atoms with Crippen LogP contribution in [-0.4, -0.2) is 44.4 Å². The zero-order valence-corrected chi connectivity index (χ0v) is 17.1. The molecule has 0 radical (unpaired) electrons. The molecule has 0 aromatic heterocycles. The molecule has 1 saturated heterocycles. The molecule has 0 aliphatic carbocycles. The zero-order valence-electron chi connectivity index (χ0n) is 15.5. The van der Waals surface area contributed by atoms with Crippen LogP contribution in [0.3, 0.4) is 0 Å². The first kappa shape index (κ1) is 21.1. The van der Waals surface area contributed by atoms with Crippen molar-refractivity contribution < 1.29 is 22.7 Å². The molecule has 3 rings (SSSR count). The van der Waals surface area contributed by atoms with Crippen molar-refractivity contribution in [2.24, 2.45) is 0 Å². The Hall–Kier alpha value is -2.64. The maximum absolute atomic E-state index is 12.7. The van der Waals surface area contributed by atoms with Crippen molar-refractivity contribution in [1.82, 2.24) is 5.32 Å². The lowest BCUT2D eigenvalue weighted by Crippen LogP contribution is -2.38. The van der Waals surface area contributed by atoms with E-state index >= 15 is 0 Å². The highest BCUT2D eigenvalue weighted by molar-refractivity contribution is 7.91. The van der Waals surface area contributed by atoms with Gasteiger partial charge in [0.2, 0.25) is 0 Å². The second-order valence-corrected chi connectivity index (χ2v) is 9.38. The number of ether oxygens (including phenoxy) is 1. The lowest BCUT2D eigenvalue weighted by Gasteiger charge is -2.12. The SMILES string of the molecule is O=C(COC(=O)/C(=C/c1ccccc1)c1ccc(Cl)cc1)NC1CCS(=O)(=O)C1. The largest absolute Gasteiger partial charge is 0.452 e. The number of benzene rings is 2. The van der Waals surface area contributed by atoms with Gasteiger partial charge in [0.15, 0.2) is 16.4 Å². The molecule has 0 saturated carbocycles. The average molecular weight is 434 g/mol. The Morgan fingerprint density at radius 2 is 1.79 bits per heavy atom. The molecule has 1 N–H and O–H groups in total. The number of nitrogens with one attached hydrogen (secondary N) is 1. The van der Waals surface area contributed by atoms with Crippen LogP contribution in [0.4, 0.5) is 0 Å². The van der Waals surface area contributed by atoms with Gasteiger partial charge >= 0.3 is 5.97 Å². The van der Waals surface area contributed by atoms with Crippen LogP contribution in [0.25, 0.3) is 11.6 Å². The van der Waals surface area contributed by atoms with Crippen molar-refractivity contribution in [1.29, 1.82) is 0 Å². The summed E-state index contributed by atoms with van der Waals surface area (Å²) in [6, 6.07) is 15.5. The maximum Gasteiger partial charge on any atom is 0.339 e. The smallest absolute Gasteiger partial charge is 0.339 e. The van der Waals surface area contributed by atoms with Crippen molar-refractivity contribution >= 4 is 45.0 Å². The first-order valence-corrected chi connectivity index (χ1v) is 11.2. The molecule has 8 heteroatoms. The third-order valence-corrected chi connectivity index (χ3v) is 6.44. The third kappa shape index (κ3) is 6.17. The number of hydrogen-bond acceptors (Lipinski definition) is 5. The van der Waals surface area contributed by atoms with Gasteiger partial charge in [-0.25, -0.2) is 13.2 Å². The van der Waals surface area contributed by atoms with E-state index in [1.807, 2.05) is 30.3 Å². The lowest BCUT2D eigenvalue weighted by atomic mass is 10.0. The van der Waals surface area contributed by atoms with Crippen molar-refractivity contribution in [3.8, 4) is 0 Å². The van der Waals surface area contributed by atoms with E-state index in [0.717, 1.165) is 5.56 Å². The van der Waals surface area contributed by atoms with Crippen LogP contribution in [0.15, 0.2) is 54.6 Å². The van der Waals surface area contributed by atoms with Crippen LogP contribution < -0.4 is 5.32 Å². The highest BCUT2D eigenvalue weighted by atomic mass is 35.5. The summed E-state index contributed by atoms with van der Waals surface area (Å²) in [5.41, 5.74) is 1.68. The molecule has 2 aromatic rings. The summed E-state index contributed by atoms with van der Waals surface area (Å²) in [6.07, 6.45) is 2.04. The van der Waals surface area contributed by atoms with Crippen molar-refractivity contribution in [2.45, 2.75) is 12.5 Å². The summed E-state index contributed by atoms with van der Waals surface area (Å²) in [5, 5.41) is 3.13. The molecule has 2 aromatic carbocycles. The average Bonchev–Trinajstić information content (AvgIpc) is 3.04. The Labute approximate surface area is 174 Å². The Balaban J connectivity index is 1.69. The predicted octanol–water partition coefficient (Wildman–Crippen LogP) is 2.73. The number of hydrogen-bond donors (Lipinski definition) is 1. The molecule has 152 valence electrons. The number of halogens is 1. The van der Waals surface area contributed by atoms with Crippen molar-refractivity contribution in [3.63, 3.8) is 0 Å². The number of amides is 1. The number of carbonyl (C=O) groups excluding carboxylic acids is 2. The van der Waals surface area contributed by atoms with Crippen molar-refractivity contribution in [3.05, 3.63) is 70.7 Å². The fourth-order valence-corrected chi connectivity index (χ4v) is 4.79. The molecule has 1 amide bonds. The van der Waals surface area contributed by atoms with Crippen LogP contribution in [0.5, 0.6) is 0 Å². The van der Waals surface area contributed by atoms with Gasteiger partial charge in [0, 0.05) is 11.1 Å². The molecule has 1 fully saturated rings. The number of rotatable bonds is 6. The maximum atomic E-state index is 12.7. The summed E-state index contributed by atoms with van der Waals surface area (Å²) in [7, 11) is -3.10. The molecule has 1 unspecified atom stereocenters. The summed E-state index contributed by atoms with van der Waals surface area (Å²) in [4.78, 5) is 24.7. The van der Waals surface area contributed by atoms with Gasteiger partial charge in [-0.15, -0.1) is 0 Å². The summed E-state index contributed by atoms with van der Waals surface area (Å²) in [6.45, 7) is -0.491. The summed E-state index contributed by atoms with van der Waals surface area (Å²) < 4.78 is 28.1. The number of carbonyl (C=O) groups is 2. The van der Waals surface area contributed by atoms with Gasteiger partial charge in [-0.05, 0) is 35.8 Å². The molecule has 6 nitrogen and oxygen atoms in total. The van der Waals surface area contributed by atoms with E-state index in [2.05, 4.69) is 5.32 Å². The van der Waals surface area contributed by atoms with Gasteiger partial charge in [-0.3, -0.25) is 4.79 Å². The van der Waals surface area contributed by atoms with E-state index in [4.69, 9.17) is 16.3 Å². The lowest BCUT2D eigenvalue weighted by molar-refractivity contribution is -0.143. The standard InChI is InChI=1S/C21H20ClNO5S/c22-17-8-6-16(7-9-17)19(12-15-4-2-1-3-5-15)21(25)28-13-20(24)23-18-10-11-29(26,27)14-18/h1-9,12,18H,10-11,13-14H2,(H,23,24)/b19-12+. The van der Waals surface area contributed by atoms with E-state index in [9.17, 15) is 18.0 Å². The highest BCUT2D eigenvalue weighted by Crippen LogP contribution is 2.22. The molecule has 0 spiro atoms. The molecule has 29 heavy (non-hydrogen) atoms. The highest BCUT2D eigenvalue weighted by Gasteiger charge is 2.29. The summed E-state index contributed by atoms with van der Waals surface area (Å²) in [5.74, 6) is -1.23. The normalized spacial score (nSPS) is 18.2. The fourth-order valence-electron chi connectivity index (χ4n) is 2.99. The third-order valence-electron chi connectivity index (χ3n) is 4.42. The Morgan fingerprint density at radius 1 is 1.10 bits per heavy atom. The fraction of sp³-hybridized carbons (Fsp3) is 0.238. The van der Waals surface area contributed by atoms with Crippen LogP contribution in [-0.2, 0) is 24.2 Å². The van der Waals surface area contributed by atoms with Crippen molar-refractivity contribution in [2.75, 3.05) is 18.1 Å². The van der Waals surface area contributed by atoms with Crippen LogP contribution in [0.2, 0.25) is 5.02 Å². The van der Waals surface area contributed by atoms with Gasteiger partial charge in [-0.2, -0.15) is 0 Å². The number of esters is 1. The second kappa shape index (κ2) is 9.24. The first-order chi connectivity index (χ1) is 13.8. The monoisotopic (exact) mass is 433 g/mol. The quantitative estimate of drug-likeness (QED) is 0.430. The van der Waals surface area contributed by atoms with Gasteiger partial charge < -0.3 is 10.1 Å².